The van der Waals surface area contributed by atoms with Crippen LogP contribution in [0.4, 0.5) is 0 Å². The highest BCUT2D eigenvalue weighted by atomic mass is 16.2. The molecule has 2 saturated heterocycles. The summed E-state index contributed by atoms with van der Waals surface area (Å²) in [7, 11) is 1.94. The van der Waals surface area contributed by atoms with Crippen molar-refractivity contribution in [3.05, 3.63) is 66.3 Å². The van der Waals surface area contributed by atoms with Crippen LogP contribution in [0.3, 0.4) is 0 Å². The molecule has 3 aromatic rings. The maximum atomic E-state index is 13.9. The molecule has 2 unspecified atom stereocenters. The van der Waals surface area contributed by atoms with Gasteiger partial charge in [0.1, 0.15) is 0 Å². The molecule has 0 aliphatic carbocycles. The lowest BCUT2D eigenvalue weighted by atomic mass is 9.75. The number of carbonyl (C=O) groups excluding carboxylic acids is 1. The quantitative estimate of drug-likeness (QED) is 0.598. The fourth-order valence-electron chi connectivity index (χ4n) is 5.32. The molecule has 0 N–H and O–H groups in total. The molecule has 5 rings (SSSR count). The predicted octanol–water partition coefficient (Wildman–Crippen LogP) is 2.61. The van der Waals surface area contributed by atoms with Crippen LogP contribution in [-0.4, -0.2) is 59.7 Å². The van der Waals surface area contributed by atoms with Crippen molar-refractivity contribution in [2.45, 2.75) is 45.3 Å². The van der Waals surface area contributed by atoms with Crippen LogP contribution in [0, 0.1) is 5.41 Å². The van der Waals surface area contributed by atoms with E-state index in [0.717, 1.165) is 43.9 Å². The highest BCUT2D eigenvalue weighted by Crippen LogP contribution is 2.50. The maximum Gasteiger partial charge on any atom is 0.231 e. The molecular weight excluding hydrogens is 402 g/mol. The zero-order valence-electron chi connectivity index (χ0n) is 19.1. The minimum Gasteiger partial charge on any atom is -0.338 e. The number of pyridine rings is 1. The van der Waals surface area contributed by atoms with Crippen molar-refractivity contribution in [3.8, 4) is 0 Å². The summed E-state index contributed by atoms with van der Waals surface area (Å²) in [4.78, 5) is 27.3. The number of aryl methyl sites for hydroxylation is 1. The number of aromatic nitrogens is 5. The van der Waals surface area contributed by atoms with Crippen LogP contribution in [0.25, 0.3) is 0 Å². The molecule has 3 aromatic heterocycles. The predicted molar refractivity (Wildman–Crippen MR) is 121 cm³/mol. The Balaban J connectivity index is 1.43. The molecular formula is C24H31N7O. The van der Waals surface area contributed by atoms with E-state index in [9.17, 15) is 4.79 Å². The van der Waals surface area contributed by atoms with Crippen molar-refractivity contribution >= 4 is 5.91 Å². The average molecular weight is 434 g/mol. The fourth-order valence-corrected chi connectivity index (χ4v) is 5.32. The van der Waals surface area contributed by atoms with Gasteiger partial charge in [0.2, 0.25) is 5.91 Å². The molecule has 32 heavy (non-hydrogen) atoms. The lowest BCUT2D eigenvalue weighted by Gasteiger charge is -2.28. The van der Waals surface area contributed by atoms with Gasteiger partial charge in [-0.2, -0.15) is 5.10 Å². The third-order valence-electron chi connectivity index (χ3n) is 6.99. The number of nitrogens with zero attached hydrogens (tertiary/aromatic N) is 7. The number of rotatable bonds is 6. The third kappa shape index (κ3) is 3.72. The summed E-state index contributed by atoms with van der Waals surface area (Å²) in [6, 6.07) is 4.32. The van der Waals surface area contributed by atoms with E-state index < -0.39 is 5.41 Å². The van der Waals surface area contributed by atoms with Crippen LogP contribution < -0.4 is 0 Å². The van der Waals surface area contributed by atoms with E-state index in [4.69, 9.17) is 4.98 Å². The van der Waals surface area contributed by atoms with Crippen molar-refractivity contribution in [2.75, 3.05) is 19.6 Å². The van der Waals surface area contributed by atoms with E-state index in [-0.39, 0.29) is 11.8 Å². The van der Waals surface area contributed by atoms with Crippen LogP contribution in [0.2, 0.25) is 0 Å². The Morgan fingerprint density at radius 1 is 1.19 bits per heavy atom. The van der Waals surface area contributed by atoms with Crippen LogP contribution in [-0.2, 0) is 24.9 Å². The summed E-state index contributed by atoms with van der Waals surface area (Å²) in [6.45, 7) is 8.08. The van der Waals surface area contributed by atoms with Gasteiger partial charge in [-0.15, -0.1) is 0 Å². The van der Waals surface area contributed by atoms with Crippen LogP contribution in [0.1, 0.15) is 49.0 Å². The number of amides is 1. The van der Waals surface area contributed by atoms with Gasteiger partial charge in [-0.3, -0.25) is 19.4 Å². The van der Waals surface area contributed by atoms with Gasteiger partial charge >= 0.3 is 0 Å². The topological polar surface area (TPSA) is 72.1 Å². The van der Waals surface area contributed by atoms with E-state index in [1.54, 1.807) is 6.20 Å². The van der Waals surface area contributed by atoms with Crippen LogP contribution in [0.5, 0.6) is 0 Å². The van der Waals surface area contributed by atoms with Gasteiger partial charge in [-0.05, 0) is 31.9 Å². The summed E-state index contributed by atoms with van der Waals surface area (Å²) in [5.74, 6) is 0.338. The van der Waals surface area contributed by atoms with E-state index >= 15 is 0 Å². The first-order chi connectivity index (χ1) is 15.4. The second kappa shape index (κ2) is 8.16. The van der Waals surface area contributed by atoms with E-state index in [1.807, 2.05) is 47.5 Å². The Hall–Kier alpha value is -3.00. The Kier molecular flexibility index (Phi) is 5.33. The van der Waals surface area contributed by atoms with Crippen molar-refractivity contribution in [1.82, 2.24) is 34.1 Å². The third-order valence-corrected chi connectivity index (χ3v) is 6.99. The molecule has 8 heteroatoms. The Bertz CT molecular complexity index is 1090. The second-order valence-corrected chi connectivity index (χ2v) is 9.58. The largest absolute Gasteiger partial charge is 0.338 e. The van der Waals surface area contributed by atoms with Crippen molar-refractivity contribution in [1.29, 1.82) is 0 Å². The average Bonchev–Trinajstić information content (AvgIpc) is 3.54. The highest BCUT2D eigenvalue weighted by Gasteiger charge is 2.57. The summed E-state index contributed by atoms with van der Waals surface area (Å²) >= 11 is 0. The SMILES string of the molecule is CC(C)n1cnc(C2CN(Cc3cnn(C)c3)CC23CCN(Cc2cccnc2)C3=O)c1. The van der Waals surface area contributed by atoms with E-state index in [1.165, 1.54) is 5.56 Å². The lowest BCUT2D eigenvalue weighted by molar-refractivity contribution is -0.136. The first-order valence-electron chi connectivity index (χ1n) is 11.4. The second-order valence-electron chi connectivity index (χ2n) is 9.58. The molecule has 0 bridgehead atoms. The van der Waals surface area contributed by atoms with Crippen molar-refractivity contribution in [2.24, 2.45) is 12.5 Å². The molecule has 5 heterocycles. The standard InChI is InChI=1S/C24H31N7O/c1-18(2)31-15-22(26-17-31)21-14-29(12-20-10-27-28(3)11-20)16-24(21)6-8-30(23(24)32)13-19-5-4-7-25-9-19/h4-5,7,9-11,15,17-18,21H,6,8,12-14,16H2,1-3H3. The Morgan fingerprint density at radius 2 is 2.06 bits per heavy atom. The first-order valence-corrected chi connectivity index (χ1v) is 11.4. The summed E-state index contributed by atoms with van der Waals surface area (Å²) in [5, 5.41) is 4.31. The van der Waals surface area contributed by atoms with Gasteiger partial charge in [0.25, 0.3) is 0 Å². The fraction of sp³-hybridized carbons (Fsp3) is 0.500. The number of hydrogen-bond acceptors (Lipinski definition) is 5. The lowest BCUT2D eigenvalue weighted by Crippen LogP contribution is -2.39. The smallest absolute Gasteiger partial charge is 0.231 e. The minimum atomic E-state index is -0.430. The number of imidazole rings is 1. The highest BCUT2D eigenvalue weighted by molar-refractivity contribution is 5.86. The van der Waals surface area contributed by atoms with Gasteiger partial charge in [-0.1, -0.05) is 6.07 Å². The minimum absolute atomic E-state index is 0.0885. The Morgan fingerprint density at radius 3 is 2.75 bits per heavy atom. The zero-order valence-corrected chi connectivity index (χ0v) is 19.1. The number of hydrogen-bond donors (Lipinski definition) is 0. The summed E-state index contributed by atoms with van der Waals surface area (Å²) in [5.41, 5.74) is 2.85. The van der Waals surface area contributed by atoms with Crippen molar-refractivity contribution < 1.29 is 4.79 Å². The monoisotopic (exact) mass is 433 g/mol. The molecule has 2 atom stereocenters. The summed E-state index contributed by atoms with van der Waals surface area (Å²) < 4.78 is 3.97. The van der Waals surface area contributed by atoms with Crippen LogP contribution >= 0.6 is 0 Å². The normalized spacial score (nSPS) is 23.8. The number of carbonyl (C=O) groups is 1. The zero-order chi connectivity index (χ0) is 22.3. The Labute approximate surface area is 188 Å². The van der Waals surface area contributed by atoms with Crippen LogP contribution in [0.15, 0.2) is 49.4 Å². The molecule has 0 radical (unpaired) electrons. The van der Waals surface area contributed by atoms with E-state index in [0.29, 0.717) is 12.6 Å². The van der Waals surface area contributed by atoms with Gasteiger partial charge in [0.15, 0.2) is 0 Å². The van der Waals surface area contributed by atoms with Gasteiger partial charge in [0, 0.05) is 82.1 Å². The van der Waals surface area contributed by atoms with Gasteiger partial charge < -0.3 is 9.47 Å². The molecule has 1 spiro atoms. The van der Waals surface area contributed by atoms with E-state index in [2.05, 4.69) is 45.8 Å². The molecule has 8 nitrogen and oxygen atoms in total. The number of likely N-dealkylation sites (tertiary alicyclic amines) is 2. The molecule has 2 aliphatic heterocycles. The summed E-state index contributed by atoms with van der Waals surface area (Å²) in [6.07, 6.45) is 12.5. The van der Waals surface area contributed by atoms with Gasteiger partial charge in [0.05, 0.1) is 23.6 Å². The van der Waals surface area contributed by atoms with Crippen molar-refractivity contribution in [3.63, 3.8) is 0 Å². The maximum absolute atomic E-state index is 13.9. The molecule has 168 valence electrons. The molecule has 0 saturated carbocycles. The molecule has 0 aromatic carbocycles. The molecule has 2 aliphatic rings. The first kappa shape index (κ1) is 20.9. The molecule has 1 amide bonds. The molecule has 2 fully saturated rings. The van der Waals surface area contributed by atoms with Gasteiger partial charge in [-0.25, -0.2) is 4.98 Å².